The first-order valence-corrected chi connectivity index (χ1v) is 7.80. The molecule has 1 rings (SSSR count). The van der Waals surface area contributed by atoms with Gasteiger partial charge in [-0.1, -0.05) is 25.4 Å². The lowest BCUT2D eigenvalue weighted by Crippen LogP contribution is -2.31. The van der Waals surface area contributed by atoms with Crippen LogP contribution in [-0.4, -0.2) is 32.5 Å². The van der Waals surface area contributed by atoms with Crippen LogP contribution >= 0.6 is 11.6 Å². The van der Waals surface area contributed by atoms with Crippen molar-refractivity contribution in [3.63, 3.8) is 0 Å². The van der Waals surface area contributed by atoms with Gasteiger partial charge in [0, 0.05) is 13.2 Å². The maximum atomic E-state index is 12.0. The van der Waals surface area contributed by atoms with Crippen LogP contribution in [0.2, 0.25) is 5.02 Å². The SMILES string of the molecule is COC(CS(=O)(=O)Nc1cc(O)ccc1Cl)C(C)C. The van der Waals surface area contributed by atoms with Crippen molar-refractivity contribution in [2.45, 2.75) is 20.0 Å². The van der Waals surface area contributed by atoms with E-state index in [0.29, 0.717) is 0 Å². The van der Waals surface area contributed by atoms with Gasteiger partial charge < -0.3 is 9.84 Å². The van der Waals surface area contributed by atoms with Crippen molar-refractivity contribution in [3.8, 4) is 5.75 Å². The van der Waals surface area contributed by atoms with Crippen molar-refractivity contribution in [2.75, 3.05) is 17.6 Å². The number of benzene rings is 1. The average Bonchev–Trinajstić information content (AvgIpc) is 2.30. The zero-order chi connectivity index (χ0) is 14.6. The summed E-state index contributed by atoms with van der Waals surface area (Å²) in [5.41, 5.74) is 0.153. The maximum absolute atomic E-state index is 12.0. The quantitative estimate of drug-likeness (QED) is 0.846. The highest BCUT2D eigenvalue weighted by molar-refractivity contribution is 7.92. The van der Waals surface area contributed by atoms with E-state index in [-0.39, 0.29) is 28.1 Å². The molecule has 2 N–H and O–H groups in total. The van der Waals surface area contributed by atoms with E-state index in [9.17, 15) is 13.5 Å². The number of methoxy groups -OCH3 is 1. The number of ether oxygens (including phenoxy) is 1. The van der Waals surface area contributed by atoms with Crippen LogP contribution in [0, 0.1) is 5.92 Å². The summed E-state index contributed by atoms with van der Waals surface area (Å²) >= 11 is 5.87. The molecule has 1 aromatic rings. The molecule has 7 heteroatoms. The maximum Gasteiger partial charge on any atom is 0.235 e. The third-order valence-corrected chi connectivity index (χ3v) is 4.27. The Morgan fingerprint density at radius 1 is 1.42 bits per heavy atom. The third kappa shape index (κ3) is 4.89. The molecule has 0 saturated carbocycles. The number of halogens is 1. The monoisotopic (exact) mass is 307 g/mol. The van der Waals surface area contributed by atoms with E-state index in [4.69, 9.17) is 16.3 Å². The predicted molar refractivity (Wildman–Crippen MR) is 76.2 cm³/mol. The second kappa shape index (κ2) is 6.45. The van der Waals surface area contributed by atoms with E-state index in [1.165, 1.54) is 25.3 Å². The summed E-state index contributed by atoms with van der Waals surface area (Å²) < 4.78 is 31.5. The second-order valence-corrected chi connectivity index (χ2v) is 6.74. The summed E-state index contributed by atoms with van der Waals surface area (Å²) in [7, 11) is -2.13. The summed E-state index contributed by atoms with van der Waals surface area (Å²) in [4.78, 5) is 0. The van der Waals surface area contributed by atoms with Crippen LogP contribution in [0.3, 0.4) is 0 Å². The van der Waals surface area contributed by atoms with E-state index in [1.807, 2.05) is 13.8 Å². The number of phenols is 1. The molecule has 0 aliphatic rings. The molecule has 1 unspecified atom stereocenters. The molecule has 1 aromatic carbocycles. The molecule has 0 radical (unpaired) electrons. The smallest absolute Gasteiger partial charge is 0.235 e. The van der Waals surface area contributed by atoms with Gasteiger partial charge in [-0.2, -0.15) is 0 Å². The van der Waals surface area contributed by atoms with Crippen molar-refractivity contribution in [1.29, 1.82) is 0 Å². The number of sulfonamides is 1. The molecule has 0 bridgehead atoms. The Bertz CT molecular complexity index is 531. The van der Waals surface area contributed by atoms with Gasteiger partial charge in [-0.3, -0.25) is 4.72 Å². The lowest BCUT2D eigenvalue weighted by Gasteiger charge is -2.19. The molecule has 0 spiro atoms. The van der Waals surface area contributed by atoms with E-state index in [2.05, 4.69) is 4.72 Å². The van der Waals surface area contributed by atoms with Crippen LogP contribution in [0.1, 0.15) is 13.8 Å². The minimum atomic E-state index is -3.60. The normalized spacial score (nSPS) is 13.5. The van der Waals surface area contributed by atoms with Crippen molar-refractivity contribution in [2.24, 2.45) is 5.92 Å². The van der Waals surface area contributed by atoms with E-state index < -0.39 is 16.1 Å². The number of nitrogens with one attached hydrogen (secondary N) is 1. The van der Waals surface area contributed by atoms with Gasteiger partial charge in [0.2, 0.25) is 10.0 Å². The fraction of sp³-hybridized carbons (Fsp3) is 0.500. The Morgan fingerprint density at radius 2 is 2.05 bits per heavy atom. The molecule has 0 saturated heterocycles. The average molecular weight is 308 g/mol. The Balaban J connectivity index is 2.87. The van der Waals surface area contributed by atoms with Crippen LogP contribution in [0.5, 0.6) is 5.75 Å². The van der Waals surface area contributed by atoms with Gasteiger partial charge in [-0.15, -0.1) is 0 Å². The summed E-state index contributed by atoms with van der Waals surface area (Å²) in [6.07, 6.45) is -0.409. The first kappa shape index (κ1) is 16.1. The van der Waals surface area contributed by atoms with Crippen LogP contribution in [0.25, 0.3) is 0 Å². The van der Waals surface area contributed by atoms with Gasteiger partial charge in [-0.25, -0.2) is 8.42 Å². The molecule has 0 amide bonds. The lowest BCUT2D eigenvalue weighted by atomic mass is 10.1. The molecule has 0 aliphatic carbocycles. The van der Waals surface area contributed by atoms with Crippen molar-refractivity contribution >= 4 is 27.3 Å². The Hall–Kier alpha value is -0.980. The highest BCUT2D eigenvalue weighted by Gasteiger charge is 2.22. The van der Waals surface area contributed by atoms with Crippen LogP contribution in [-0.2, 0) is 14.8 Å². The molecule has 5 nitrogen and oxygen atoms in total. The first-order valence-electron chi connectivity index (χ1n) is 5.77. The topological polar surface area (TPSA) is 75.6 Å². The van der Waals surface area contributed by atoms with Crippen molar-refractivity contribution < 1.29 is 18.3 Å². The number of hydrogen-bond donors (Lipinski definition) is 2. The number of anilines is 1. The summed E-state index contributed by atoms with van der Waals surface area (Å²) in [6, 6.07) is 4.06. The molecule has 0 aromatic heterocycles. The van der Waals surface area contributed by atoms with Crippen LogP contribution in [0.4, 0.5) is 5.69 Å². The Labute approximate surface area is 118 Å². The largest absolute Gasteiger partial charge is 0.508 e. The van der Waals surface area contributed by atoms with Gasteiger partial charge in [0.15, 0.2) is 0 Å². The van der Waals surface area contributed by atoms with E-state index in [1.54, 1.807) is 0 Å². The van der Waals surface area contributed by atoms with E-state index in [0.717, 1.165) is 0 Å². The molecular weight excluding hydrogens is 290 g/mol. The van der Waals surface area contributed by atoms with Crippen LogP contribution < -0.4 is 4.72 Å². The standard InChI is InChI=1S/C12H18ClNO4S/c1-8(2)12(18-3)7-19(16,17)14-11-6-9(15)4-5-10(11)13/h4-6,8,12,14-15H,7H2,1-3H3. The number of rotatable bonds is 6. The van der Waals surface area contributed by atoms with Gasteiger partial charge in [0.25, 0.3) is 0 Å². The molecule has 0 aliphatic heterocycles. The minimum absolute atomic E-state index is 0.0609. The fourth-order valence-electron chi connectivity index (χ4n) is 1.55. The van der Waals surface area contributed by atoms with E-state index >= 15 is 0 Å². The molecule has 108 valence electrons. The number of hydrogen-bond acceptors (Lipinski definition) is 4. The molecular formula is C12H18ClNO4S. The zero-order valence-electron chi connectivity index (χ0n) is 11.1. The second-order valence-electron chi connectivity index (χ2n) is 4.57. The lowest BCUT2D eigenvalue weighted by molar-refractivity contribution is 0.0829. The third-order valence-electron chi connectivity index (χ3n) is 2.65. The zero-order valence-corrected chi connectivity index (χ0v) is 12.6. The van der Waals surface area contributed by atoms with Crippen molar-refractivity contribution in [1.82, 2.24) is 0 Å². The van der Waals surface area contributed by atoms with Gasteiger partial charge in [-0.05, 0) is 18.1 Å². The molecule has 0 fully saturated rings. The van der Waals surface area contributed by atoms with Crippen molar-refractivity contribution in [3.05, 3.63) is 23.2 Å². The summed E-state index contributed by atoms with van der Waals surface area (Å²) in [6.45, 7) is 3.76. The molecule has 1 atom stereocenters. The number of phenolic OH excluding ortho intramolecular Hbond substituents is 1. The summed E-state index contributed by atoms with van der Waals surface area (Å²) in [5, 5.41) is 9.55. The Kier molecular flexibility index (Phi) is 5.46. The molecule has 19 heavy (non-hydrogen) atoms. The summed E-state index contributed by atoms with van der Waals surface area (Å²) in [5.74, 6) is -0.164. The van der Waals surface area contributed by atoms with Gasteiger partial charge >= 0.3 is 0 Å². The number of aromatic hydroxyl groups is 1. The Morgan fingerprint density at radius 3 is 2.58 bits per heavy atom. The highest BCUT2D eigenvalue weighted by Crippen LogP contribution is 2.27. The predicted octanol–water partition coefficient (Wildman–Crippen LogP) is 2.46. The first-order chi connectivity index (χ1) is 8.75. The minimum Gasteiger partial charge on any atom is -0.508 e. The van der Waals surface area contributed by atoms with Gasteiger partial charge in [0.05, 0.1) is 22.6 Å². The highest BCUT2D eigenvalue weighted by atomic mass is 35.5. The fourth-order valence-corrected chi connectivity index (χ4v) is 3.31. The van der Waals surface area contributed by atoms with Crippen LogP contribution in [0.15, 0.2) is 18.2 Å². The molecule has 0 heterocycles. The van der Waals surface area contributed by atoms with Gasteiger partial charge in [0.1, 0.15) is 5.75 Å².